The topological polar surface area (TPSA) is 77.0 Å². The summed E-state index contributed by atoms with van der Waals surface area (Å²) in [4.78, 5) is 0.280. The lowest BCUT2D eigenvalue weighted by molar-refractivity contribution is 0.161. The number of benzene rings is 2. The fourth-order valence-electron chi connectivity index (χ4n) is 3.94. The maximum absolute atomic E-state index is 13.6. The molecule has 1 fully saturated rings. The predicted octanol–water partition coefficient (Wildman–Crippen LogP) is 2.69. The Kier molecular flexibility index (Phi) is 5.53. The fraction of sp³-hybridized carbons (Fsp3) is 0.350. The number of hydrazone groups is 1. The molecule has 0 bridgehead atoms. The maximum atomic E-state index is 13.6. The number of hydrazine groups is 2. The van der Waals surface area contributed by atoms with E-state index in [0.29, 0.717) is 19.4 Å². The standard InChI is InChI=1S/C20H24FN5O2S/c1-15-2-9-19(10-3-15)29(27,28)26-18(12-13-25-23-14-22-24-25)8-11-20(26)16-4-6-17(21)7-5-16/h2-7,9-10,14,18,20,24H,8,11-13H2,1H3,(H,22,23). The number of aryl methyl sites for hydroxylation is 1. The Balaban J connectivity index is 1.64. The minimum absolute atomic E-state index is 0.166. The number of hydrogen-bond donors (Lipinski definition) is 2. The van der Waals surface area contributed by atoms with Crippen molar-refractivity contribution in [2.75, 3.05) is 6.54 Å². The minimum Gasteiger partial charge on any atom is -0.289 e. The van der Waals surface area contributed by atoms with Crippen molar-refractivity contribution in [3.05, 3.63) is 65.5 Å². The van der Waals surface area contributed by atoms with Crippen molar-refractivity contribution in [1.29, 1.82) is 0 Å². The molecule has 29 heavy (non-hydrogen) atoms. The number of halogens is 1. The molecule has 2 aliphatic rings. The second kappa shape index (κ2) is 8.10. The van der Waals surface area contributed by atoms with Crippen LogP contribution < -0.4 is 11.0 Å². The van der Waals surface area contributed by atoms with E-state index in [4.69, 9.17) is 0 Å². The molecule has 0 saturated carbocycles. The van der Waals surface area contributed by atoms with Crippen LogP contribution in [0.2, 0.25) is 0 Å². The van der Waals surface area contributed by atoms with Gasteiger partial charge in [-0.15, -0.1) is 5.12 Å². The number of rotatable bonds is 6. The Morgan fingerprint density at radius 3 is 2.48 bits per heavy atom. The van der Waals surface area contributed by atoms with E-state index in [0.717, 1.165) is 17.5 Å². The lowest BCUT2D eigenvalue weighted by Gasteiger charge is -2.30. The zero-order chi connectivity index (χ0) is 20.4. The van der Waals surface area contributed by atoms with Gasteiger partial charge >= 0.3 is 0 Å². The fourth-order valence-corrected chi connectivity index (χ4v) is 5.83. The molecule has 154 valence electrons. The van der Waals surface area contributed by atoms with E-state index in [1.807, 2.05) is 6.92 Å². The molecule has 4 rings (SSSR count). The molecule has 0 aliphatic carbocycles. The summed E-state index contributed by atoms with van der Waals surface area (Å²) in [6.45, 7) is 2.51. The molecule has 2 N–H and O–H groups in total. The zero-order valence-corrected chi connectivity index (χ0v) is 16.9. The minimum atomic E-state index is -3.71. The lowest BCUT2D eigenvalue weighted by Crippen LogP contribution is -2.43. The first-order valence-corrected chi connectivity index (χ1v) is 11.1. The largest absolute Gasteiger partial charge is 0.289 e. The van der Waals surface area contributed by atoms with E-state index in [1.54, 1.807) is 45.8 Å². The van der Waals surface area contributed by atoms with Gasteiger partial charge in [0, 0.05) is 12.6 Å². The quantitative estimate of drug-likeness (QED) is 0.756. The van der Waals surface area contributed by atoms with E-state index in [2.05, 4.69) is 16.1 Å². The van der Waals surface area contributed by atoms with E-state index < -0.39 is 10.0 Å². The Labute approximate surface area is 170 Å². The smallest absolute Gasteiger partial charge is 0.243 e. The highest BCUT2D eigenvalue weighted by Crippen LogP contribution is 2.41. The molecule has 1 saturated heterocycles. The van der Waals surface area contributed by atoms with Crippen LogP contribution in [-0.4, -0.2) is 36.8 Å². The molecule has 2 aliphatic heterocycles. The molecule has 0 aromatic heterocycles. The summed E-state index contributed by atoms with van der Waals surface area (Å²) in [7, 11) is -3.71. The number of sulfonamides is 1. The maximum Gasteiger partial charge on any atom is 0.243 e. The van der Waals surface area contributed by atoms with Crippen molar-refractivity contribution >= 4 is 16.4 Å². The molecule has 2 aromatic carbocycles. The van der Waals surface area contributed by atoms with Crippen LogP contribution in [0.3, 0.4) is 0 Å². The van der Waals surface area contributed by atoms with Gasteiger partial charge in [-0.05, 0) is 56.0 Å². The monoisotopic (exact) mass is 417 g/mol. The molecule has 2 atom stereocenters. The van der Waals surface area contributed by atoms with Crippen LogP contribution in [0.1, 0.15) is 36.4 Å². The van der Waals surface area contributed by atoms with Crippen molar-refractivity contribution in [2.24, 2.45) is 5.10 Å². The molecular weight excluding hydrogens is 393 g/mol. The third kappa shape index (κ3) is 4.12. The van der Waals surface area contributed by atoms with Gasteiger partial charge in [-0.2, -0.15) is 9.41 Å². The van der Waals surface area contributed by atoms with E-state index in [-0.39, 0.29) is 22.8 Å². The molecule has 0 amide bonds. The first kappa shape index (κ1) is 19.8. The van der Waals surface area contributed by atoms with Crippen LogP contribution in [0.4, 0.5) is 4.39 Å². The molecule has 2 unspecified atom stereocenters. The van der Waals surface area contributed by atoms with Gasteiger partial charge < -0.3 is 0 Å². The van der Waals surface area contributed by atoms with Gasteiger partial charge in [0.05, 0.1) is 10.9 Å². The van der Waals surface area contributed by atoms with Gasteiger partial charge in [-0.25, -0.2) is 18.3 Å². The second-order valence-electron chi connectivity index (χ2n) is 7.37. The zero-order valence-electron chi connectivity index (χ0n) is 16.1. The van der Waals surface area contributed by atoms with Crippen LogP contribution >= 0.6 is 0 Å². The molecular formula is C20H24FN5O2S. The summed E-state index contributed by atoms with van der Waals surface area (Å²) in [6.07, 6.45) is 3.60. The molecule has 0 spiro atoms. The van der Waals surface area contributed by atoms with E-state index in [9.17, 15) is 12.8 Å². The normalized spacial score (nSPS) is 22.6. The molecule has 9 heteroatoms. The van der Waals surface area contributed by atoms with Gasteiger partial charge in [0.25, 0.3) is 0 Å². The molecule has 7 nitrogen and oxygen atoms in total. The highest BCUT2D eigenvalue weighted by atomic mass is 32.2. The van der Waals surface area contributed by atoms with Crippen molar-refractivity contribution < 1.29 is 12.8 Å². The van der Waals surface area contributed by atoms with Gasteiger partial charge in [0.15, 0.2) is 0 Å². The SMILES string of the molecule is Cc1ccc(S(=O)(=O)N2C(CCN3NC=NN3)CCC2c2ccc(F)cc2)cc1. The van der Waals surface area contributed by atoms with Crippen molar-refractivity contribution in [3.8, 4) is 0 Å². The van der Waals surface area contributed by atoms with Crippen LogP contribution in [0.15, 0.2) is 58.5 Å². The Morgan fingerprint density at radius 2 is 1.83 bits per heavy atom. The lowest BCUT2D eigenvalue weighted by atomic mass is 10.1. The van der Waals surface area contributed by atoms with Gasteiger partial charge in [-0.1, -0.05) is 29.8 Å². The van der Waals surface area contributed by atoms with E-state index in [1.165, 1.54) is 18.5 Å². The molecule has 0 radical (unpaired) electrons. The highest BCUT2D eigenvalue weighted by Gasteiger charge is 2.42. The first-order chi connectivity index (χ1) is 13.9. The summed E-state index contributed by atoms with van der Waals surface area (Å²) in [5.74, 6) is -0.331. The summed E-state index contributed by atoms with van der Waals surface area (Å²) < 4.78 is 42.2. The van der Waals surface area contributed by atoms with Crippen LogP contribution in [0.25, 0.3) is 0 Å². The third-order valence-corrected chi connectivity index (χ3v) is 7.41. The average molecular weight is 418 g/mol. The van der Waals surface area contributed by atoms with Crippen LogP contribution in [0, 0.1) is 12.7 Å². The summed E-state index contributed by atoms with van der Waals surface area (Å²) in [5, 5.41) is 5.59. The number of nitrogens with one attached hydrogen (secondary N) is 2. The Bertz CT molecular complexity index is 971. The van der Waals surface area contributed by atoms with Crippen molar-refractivity contribution in [1.82, 2.24) is 20.4 Å². The third-order valence-electron chi connectivity index (χ3n) is 5.43. The van der Waals surface area contributed by atoms with Gasteiger partial charge in [-0.3, -0.25) is 5.43 Å². The Hall–Kier alpha value is -2.49. The average Bonchev–Trinajstić information content (AvgIpc) is 3.37. The summed E-state index contributed by atoms with van der Waals surface area (Å²) >= 11 is 0. The van der Waals surface area contributed by atoms with Crippen LogP contribution in [0.5, 0.6) is 0 Å². The van der Waals surface area contributed by atoms with Gasteiger partial charge in [0.1, 0.15) is 12.2 Å². The van der Waals surface area contributed by atoms with Crippen molar-refractivity contribution in [2.45, 2.75) is 43.2 Å². The summed E-state index contributed by atoms with van der Waals surface area (Å²) in [5.41, 5.74) is 7.56. The van der Waals surface area contributed by atoms with Crippen molar-refractivity contribution in [3.63, 3.8) is 0 Å². The van der Waals surface area contributed by atoms with Gasteiger partial charge in [0.2, 0.25) is 10.0 Å². The summed E-state index contributed by atoms with van der Waals surface area (Å²) in [6, 6.07) is 12.6. The molecule has 2 aromatic rings. The highest BCUT2D eigenvalue weighted by molar-refractivity contribution is 7.89. The molecule has 2 heterocycles. The first-order valence-electron chi connectivity index (χ1n) is 9.62. The number of hydrogen-bond acceptors (Lipinski definition) is 6. The second-order valence-corrected chi connectivity index (χ2v) is 9.22. The predicted molar refractivity (Wildman–Crippen MR) is 108 cm³/mol. The Morgan fingerprint density at radius 1 is 1.10 bits per heavy atom. The number of nitrogens with zero attached hydrogens (tertiary/aromatic N) is 3. The van der Waals surface area contributed by atoms with Crippen LogP contribution in [-0.2, 0) is 10.0 Å². The van der Waals surface area contributed by atoms with E-state index >= 15 is 0 Å².